The molecule has 0 N–H and O–H groups in total. The first kappa shape index (κ1) is 11.4. The second-order valence-electron chi connectivity index (χ2n) is 4.15. The standard InChI is InChI=1S/C15H12O2/c1-2-3-4-5-7-12-9-11-15(14(12)17)10-6-8-13(15)16/h7,9,11H,6,8,10H2,1H3/b12-7+/t15-/m0/s1. The minimum absolute atomic E-state index is 0.0449. The van der Waals surface area contributed by atoms with Gasteiger partial charge in [0.25, 0.3) is 0 Å². The van der Waals surface area contributed by atoms with E-state index in [9.17, 15) is 9.59 Å². The predicted molar refractivity (Wildman–Crippen MR) is 64.7 cm³/mol. The number of ketones is 2. The van der Waals surface area contributed by atoms with Crippen molar-refractivity contribution in [2.75, 3.05) is 0 Å². The van der Waals surface area contributed by atoms with Crippen molar-refractivity contribution in [3.8, 4) is 23.7 Å². The maximum Gasteiger partial charge on any atom is 0.180 e. The average Bonchev–Trinajstić information content (AvgIpc) is 2.84. The molecule has 0 aliphatic heterocycles. The highest BCUT2D eigenvalue weighted by Gasteiger charge is 2.49. The number of carbonyl (C=O) groups excluding carboxylic acids is 2. The molecule has 1 saturated carbocycles. The van der Waals surface area contributed by atoms with Crippen LogP contribution in [0.4, 0.5) is 0 Å². The minimum atomic E-state index is -0.857. The fraction of sp³-hybridized carbons (Fsp3) is 0.333. The molecular formula is C15H12O2. The summed E-state index contributed by atoms with van der Waals surface area (Å²) < 4.78 is 0. The van der Waals surface area contributed by atoms with E-state index in [0.29, 0.717) is 18.4 Å². The van der Waals surface area contributed by atoms with Crippen LogP contribution in [0.25, 0.3) is 0 Å². The van der Waals surface area contributed by atoms with Gasteiger partial charge in [0, 0.05) is 18.1 Å². The summed E-state index contributed by atoms with van der Waals surface area (Å²) in [5, 5.41) is 0. The molecule has 0 saturated heterocycles. The number of rotatable bonds is 0. The van der Waals surface area contributed by atoms with E-state index >= 15 is 0 Å². The maximum atomic E-state index is 12.1. The summed E-state index contributed by atoms with van der Waals surface area (Å²) >= 11 is 0. The lowest BCUT2D eigenvalue weighted by Gasteiger charge is -2.15. The molecule has 2 nitrogen and oxygen atoms in total. The lowest BCUT2D eigenvalue weighted by Crippen LogP contribution is -2.30. The highest BCUT2D eigenvalue weighted by Crippen LogP contribution is 2.43. The second kappa shape index (κ2) is 4.44. The van der Waals surface area contributed by atoms with Crippen LogP contribution >= 0.6 is 0 Å². The van der Waals surface area contributed by atoms with Gasteiger partial charge in [-0.25, -0.2) is 0 Å². The summed E-state index contributed by atoms with van der Waals surface area (Å²) in [6.45, 7) is 1.70. The maximum absolute atomic E-state index is 12.1. The van der Waals surface area contributed by atoms with E-state index in [-0.39, 0.29) is 11.6 Å². The first-order valence-electron chi connectivity index (χ1n) is 5.60. The summed E-state index contributed by atoms with van der Waals surface area (Å²) in [6.07, 6.45) is 6.94. The second-order valence-corrected chi connectivity index (χ2v) is 4.15. The number of allylic oxidation sites excluding steroid dienone is 4. The Morgan fingerprint density at radius 3 is 2.82 bits per heavy atom. The number of hydrogen-bond acceptors (Lipinski definition) is 2. The van der Waals surface area contributed by atoms with Crippen LogP contribution in [-0.2, 0) is 9.59 Å². The molecule has 2 aliphatic rings. The topological polar surface area (TPSA) is 34.1 Å². The Kier molecular flexibility index (Phi) is 2.98. The van der Waals surface area contributed by atoms with Gasteiger partial charge in [0.05, 0.1) is 0 Å². The highest BCUT2D eigenvalue weighted by molar-refractivity contribution is 6.20. The van der Waals surface area contributed by atoms with Crippen molar-refractivity contribution in [1.82, 2.24) is 0 Å². The molecule has 0 bridgehead atoms. The Bertz CT molecular complexity index is 555. The molecular weight excluding hydrogens is 212 g/mol. The largest absolute Gasteiger partial charge is 0.298 e. The molecule has 1 spiro atoms. The van der Waals surface area contributed by atoms with Crippen LogP contribution in [0.3, 0.4) is 0 Å². The zero-order chi connectivity index (χ0) is 12.3. The Labute approximate surface area is 101 Å². The predicted octanol–water partition coefficient (Wildman–Crippen LogP) is 1.82. The molecule has 2 heteroatoms. The van der Waals surface area contributed by atoms with Gasteiger partial charge in [0.2, 0.25) is 0 Å². The van der Waals surface area contributed by atoms with Crippen LogP contribution in [0, 0.1) is 29.1 Å². The first-order chi connectivity index (χ1) is 8.20. The van der Waals surface area contributed by atoms with Gasteiger partial charge in [0.15, 0.2) is 11.6 Å². The molecule has 0 heterocycles. The van der Waals surface area contributed by atoms with Gasteiger partial charge in [-0.15, -0.1) is 0 Å². The van der Waals surface area contributed by atoms with Gasteiger partial charge in [-0.05, 0) is 31.6 Å². The van der Waals surface area contributed by atoms with Crippen LogP contribution in [0.2, 0.25) is 0 Å². The van der Waals surface area contributed by atoms with Crippen LogP contribution in [0.15, 0.2) is 23.8 Å². The molecule has 2 rings (SSSR count). The molecule has 0 aromatic carbocycles. The smallest absolute Gasteiger partial charge is 0.180 e. The summed E-state index contributed by atoms with van der Waals surface area (Å²) in [6, 6.07) is 0. The van der Waals surface area contributed by atoms with Gasteiger partial charge >= 0.3 is 0 Å². The Balaban J connectivity index is 2.25. The molecule has 0 unspecified atom stereocenters. The van der Waals surface area contributed by atoms with Gasteiger partial charge in [-0.2, -0.15) is 0 Å². The van der Waals surface area contributed by atoms with Crippen molar-refractivity contribution < 1.29 is 9.59 Å². The van der Waals surface area contributed by atoms with Crippen LogP contribution in [-0.4, -0.2) is 11.6 Å². The van der Waals surface area contributed by atoms with Crippen molar-refractivity contribution >= 4 is 11.6 Å². The SMILES string of the molecule is CC#CC#C/C=C1\C=C[C@]2(CCCC2=O)C1=O. The van der Waals surface area contributed by atoms with E-state index < -0.39 is 5.41 Å². The molecule has 0 aromatic heterocycles. The third-order valence-electron chi connectivity index (χ3n) is 3.17. The summed E-state index contributed by atoms with van der Waals surface area (Å²) in [7, 11) is 0. The molecule has 1 fully saturated rings. The van der Waals surface area contributed by atoms with E-state index in [1.54, 1.807) is 25.2 Å². The fourth-order valence-electron chi connectivity index (χ4n) is 2.27. The number of carbonyl (C=O) groups is 2. The molecule has 0 amide bonds. The van der Waals surface area contributed by atoms with E-state index in [1.165, 1.54) is 0 Å². The summed E-state index contributed by atoms with van der Waals surface area (Å²) in [4.78, 5) is 23.9. The molecule has 84 valence electrons. The molecule has 17 heavy (non-hydrogen) atoms. The van der Waals surface area contributed by atoms with E-state index in [0.717, 1.165) is 6.42 Å². The fourth-order valence-corrected chi connectivity index (χ4v) is 2.27. The van der Waals surface area contributed by atoms with Crippen molar-refractivity contribution in [3.05, 3.63) is 23.8 Å². The van der Waals surface area contributed by atoms with Crippen molar-refractivity contribution in [2.24, 2.45) is 5.41 Å². The van der Waals surface area contributed by atoms with Gasteiger partial charge in [-0.1, -0.05) is 24.0 Å². The minimum Gasteiger partial charge on any atom is -0.298 e. The normalized spacial score (nSPS) is 28.2. The Hall–Kier alpha value is -2.06. The lowest BCUT2D eigenvalue weighted by molar-refractivity contribution is -0.132. The van der Waals surface area contributed by atoms with Crippen LogP contribution in [0.1, 0.15) is 26.2 Å². The van der Waals surface area contributed by atoms with E-state index in [1.807, 2.05) is 0 Å². The molecule has 0 aromatic rings. The number of Topliss-reactive ketones (excluding diaryl/α,β-unsaturated/α-hetero) is 2. The van der Waals surface area contributed by atoms with E-state index in [2.05, 4.69) is 23.7 Å². The van der Waals surface area contributed by atoms with Crippen LogP contribution < -0.4 is 0 Å². The van der Waals surface area contributed by atoms with Gasteiger partial charge in [0.1, 0.15) is 5.41 Å². The zero-order valence-electron chi connectivity index (χ0n) is 9.67. The van der Waals surface area contributed by atoms with Gasteiger partial charge in [-0.3, -0.25) is 9.59 Å². The third kappa shape index (κ3) is 1.83. The molecule has 2 aliphatic carbocycles. The van der Waals surface area contributed by atoms with Crippen molar-refractivity contribution in [1.29, 1.82) is 0 Å². The Morgan fingerprint density at radius 1 is 1.35 bits per heavy atom. The molecule has 1 atom stereocenters. The van der Waals surface area contributed by atoms with Gasteiger partial charge < -0.3 is 0 Å². The van der Waals surface area contributed by atoms with E-state index in [4.69, 9.17) is 0 Å². The van der Waals surface area contributed by atoms with Crippen molar-refractivity contribution in [2.45, 2.75) is 26.2 Å². The molecule has 0 radical (unpaired) electrons. The van der Waals surface area contributed by atoms with Crippen LogP contribution in [0.5, 0.6) is 0 Å². The summed E-state index contributed by atoms with van der Waals surface area (Å²) in [5.41, 5.74) is -0.338. The number of hydrogen-bond donors (Lipinski definition) is 0. The third-order valence-corrected chi connectivity index (χ3v) is 3.17. The Morgan fingerprint density at radius 2 is 2.18 bits per heavy atom. The average molecular weight is 224 g/mol. The lowest BCUT2D eigenvalue weighted by atomic mass is 9.83. The quantitative estimate of drug-likeness (QED) is 0.357. The zero-order valence-corrected chi connectivity index (χ0v) is 9.67. The monoisotopic (exact) mass is 224 g/mol. The first-order valence-corrected chi connectivity index (χ1v) is 5.60. The highest BCUT2D eigenvalue weighted by atomic mass is 16.2. The summed E-state index contributed by atoms with van der Waals surface area (Å²) in [5.74, 6) is 10.5. The van der Waals surface area contributed by atoms with Crippen molar-refractivity contribution in [3.63, 3.8) is 0 Å².